The number of nitrogens with one attached hydrogen (secondary N) is 1. The predicted octanol–water partition coefficient (Wildman–Crippen LogP) is 1.35. The van der Waals surface area contributed by atoms with Gasteiger partial charge >= 0.3 is 0 Å². The Morgan fingerprint density at radius 3 is 2.94 bits per heavy atom. The number of benzene rings is 1. The first-order valence-corrected chi connectivity index (χ1v) is 7.46. The van der Waals surface area contributed by atoms with Gasteiger partial charge in [-0.1, -0.05) is 12.1 Å². The van der Waals surface area contributed by atoms with Crippen molar-refractivity contribution in [3.63, 3.8) is 0 Å². The molecule has 0 saturated carbocycles. The third kappa shape index (κ3) is 2.42. The van der Waals surface area contributed by atoms with Gasteiger partial charge in [0.25, 0.3) is 0 Å². The van der Waals surface area contributed by atoms with Crippen molar-refractivity contribution in [2.24, 2.45) is 5.92 Å². The Morgan fingerprint density at radius 1 is 1.33 bits per heavy atom. The van der Waals surface area contributed by atoms with Gasteiger partial charge in [0.2, 0.25) is 0 Å². The van der Waals surface area contributed by atoms with E-state index in [0.29, 0.717) is 16.7 Å². The van der Waals surface area contributed by atoms with Gasteiger partial charge in [0, 0.05) is 5.75 Å². The summed E-state index contributed by atoms with van der Waals surface area (Å²) in [5.41, 5.74) is 1.66. The molecule has 0 aliphatic carbocycles. The van der Waals surface area contributed by atoms with Crippen LogP contribution in [-0.2, 0) is 10.8 Å². The fourth-order valence-corrected chi connectivity index (χ4v) is 3.46. The molecule has 0 amide bonds. The molecular weight excluding hydrogens is 246 g/mol. The van der Waals surface area contributed by atoms with Gasteiger partial charge in [0.05, 0.1) is 28.0 Å². The van der Waals surface area contributed by atoms with Crippen LogP contribution in [0.15, 0.2) is 35.5 Å². The number of hydrogen-bond donors (Lipinski definition) is 1. The van der Waals surface area contributed by atoms with Crippen molar-refractivity contribution in [1.29, 1.82) is 0 Å². The second-order valence-corrected chi connectivity index (χ2v) is 6.01. The molecule has 1 N–H and O–H groups in total. The first kappa shape index (κ1) is 11.7. The molecule has 3 rings (SSSR count). The lowest BCUT2D eigenvalue weighted by Gasteiger charge is -2.07. The van der Waals surface area contributed by atoms with Crippen molar-refractivity contribution in [3.05, 3.63) is 30.5 Å². The minimum atomic E-state index is -1.04. The average molecular weight is 261 g/mol. The van der Waals surface area contributed by atoms with Crippen molar-refractivity contribution in [3.8, 4) is 0 Å². The molecule has 1 saturated heterocycles. The van der Waals surface area contributed by atoms with E-state index in [9.17, 15) is 4.21 Å². The lowest BCUT2D eigenvalue weighted by atomic mass is 10.2. The first-order valence-electron chi connectivity index (χ1n) is 6.14. The van der Waals surface area contributed by atoms with Gasteiger partial charge in [-0.3, -0.25) is 9.19 Å². The lowest BCUT2D eigenvalue weighted by molar-refractivity contribution is 0.631. The fourth-order valence-electron chi connectivity index (χ4n) is 2.21. The van der Waals surface area contributed by atoms with Crippen LogP contribution in [0.2, 0.25) is 0 Å². The number of para-hydroxylation sites is 2. The SMILES string of the molecule is O=[S@](C[C@H]1CCNC1)c1cnc2ccccc2n1. The van der Waals surface area contributed by atoms with Crippen LogP contribution < -0.4 is 5.32 Å². The number of aromatic nitrogens is 2. The van der Waals surface area contributed by atoms with Crippen LogP contribution in [0.5, 0.6) is 0 Å². The molecule has 2 aromatic rings. The van der Waals surface area contributed by atoms with E-state index in [2.05, 4.69) is 15.3 Å². The maximum atomic E-state index is 12.2. The monoisotopic (exact) mass is 261 g/mol. The summed E-state index contributed by atoms with van der Waals surface area (Å²) in [5, 5.41) is 3.89. The third-order valence-corrected chi connectivity index (χ3v) is 4.65. The molecule has 1 aliphatic heterocycles. The Labute approximate surface area is 108 Å². The normalized spacial score (nSPS) is 21.2. The zero-order chi connectivity index (χ0) is 12.4. The van der Waals surface area contributed by atoms with Crippen molar-refractivity contribution >= 4 is 21.8 Å². The van der Waals surface area contributed by atoms with Gasteiger partial charge in [-0.15, -0.1) is 0 Å². The summed E-state index contributed by atoms with van der Waals surface area (Å²) in [5.74, 6) is 1.18. The van der Waals surface area contributed by atoms with Gasteiger partial charge in [-0.2, -0.15) is 0 Å². The van der Waals surface area contributed by atoms with Gasteiger partial charge in [-0.25, -0.2) is 4.98 Å². The number of hydrogen-bond acceptors (Lipinski definition) is 4. The van der Waals surface area contributed by atoms with Crippen LogP contribution in [0, 0.1) is 5.92 Å². The van der Waals surface area contributed by atoms with E-state index in [1.807, 2.05) is 24.3 Å². The molecule has 1 aromatic heterocycles. The zero-order valence-corrected chi connectivity index (χ0v) is 10.8. The van der Waals surface area contributed by atoms with E-state index < -0.39 is 10.8 Å². The minimum absolute atomic E-state index is 0.499. The highest BCUT2D eigenvalue weighted by atomic mass is 32.2. The third-order valence-electron chi connectivity index (χ3n) is 3.21. The number of rotatable bonds is 3. The molecule has 2 heterocycles. The molecule has 2 atom stereocenters. The summed E-state index contributed by atoms with van der Waals surface area (Å²) in [7, 11) is -1.04. The highest BCUT2D eigenvalue weighted by Crippen LogP contribution is 2.15. The molecule has 0 radical (unpaired) electrons. The van der Waals surface area contributed by atoms with E-state index in [0.717, 1.165) is 30.5 Å². The predicted molar refractivity (Wildman–Crippen MR) is 71.8 cm³/mol. The van der Waals surface area contributed by atoms with E-state index in [4.69, 9.17) is 0 Å². The fraction of sp³-hybridized carbons (Fsp3) is 0.385. The maximum absolute atomic E-state index is 12.2. The van der Waals surface area contributed by atoms with Crippen LogP contribution in [0.1, 0.15) is 6.42 Å². The van der Waals surface area contributed by atoms with Crippen molar-refractivity contribution in [1.82, 2.24) is 15.3 Å². The smallest absolute Gasteiger partial charge is 0.146 e. The molecule has 0 spiro atoms. The summed E-state index contributed by atoms with van der Waals surface area (Å²) in [4.78, 5) is 8.74. The van der Waals surface area contributed by atoms with Crippen molar-refractivity contribution in [2.75, 3.05) is 18.8 Å². The summed E-state index contributed by atoms with van der Waals surface area (Å²) in [6.07, 6.45) is 2.74. The summed E-state index contributed by atoms with van der Waals surface area (Å²) >= 11 is 0. The van der Waals surface area contributed by atoms with E-state index in [1.54, 1.807) is 6.20 Å². The van der Waals surface area contributed by atoms with Gasteiger partial charge < -0.3 is 5.32 Å². The van der Waals surface area contributed by atoms with E-state index in [-0.39, 0.29) is 0 Å². The molecule has 1 aromatic carbocycles. The molecule has 5 heteroatoms. The first-order chi connectivity index (χ1) is 8.83. The summed E-state index contributed by atoms with van der Waals surface area (Å²) in [6.45, 7) is 2.00. The second kappa shape index (κ2) is 5.12. The molecule has 0 bridgehead atoms. The topological polar surface area (TPSA) is 54.9 Å². The molecule has 0 unspecified atom stereocenters. The molecule has 1 aliphatic rings. The summed E-state index contributed by atoms with van der Waals surface area (Å²) in [6, 6.07) is 7.67. The average Bonchev–Trinajstić information content (AvgIpc) is 2.91. The maximum Gasteiger partial charge on any atom is 0.146 e. The van der Waals surface area contributed by atoms with Crippen LogP contribution in [0.3, 0.4) is 0 Å². The number of nitrogens with zero attached hydrogens (tertiary/aromatic N) is 2. The van der Waals surface area contributed by atoms with E-state index >= 15 is 0 Å². The second-order valence-electron chi connectivity index (χ2n) is 4.57. The Hall–Kier alpha value is -1.33. The van der Waals surface area contributed by atoms with Crippen LogP contribution in [0.25, 0.3) is 11.0 Å². The quantitative estimate of drug-likeness (QED) is 0.906. The summed E-state index contributed by atoms with van der Waals surface area (Å²) < 4.78 is 12.2. The highest BCUT2D eigenvalue weighted by Gasteiger charge is 2.19. The molecule has 18 heavy (non-hydrogen) atoms. The Bertz CT molecular complexity index is 581. The van der Waals surface area contributed by atoms with Crippen LogP contribution in [-0.4, -0.2) is 33.0 Å². The van der Waals surface area contributed by atoms with Crippen LogP contribution >= 0.6 is 0 Å². The van der Waals surface area contributed by atoms with Crippen LogP contribution in [0.4, 0.5) is 0 Å². The van der Waals surface area contributed by atoms with Crippen molar-refractivity contribution < 1.29 is 4.21 Å². The van der Waals surface area contributed by atoms with Crippen molar-refractivity contribution in [2.45, 2.75) is 11.4 Å². The number of fused-ring (bicyclic) bond motifs is 1. The Balaban J connectivity index is 1.82. The minimum Gasteiger partial charge on any atom is -0.316 e. The Kier molecular flexibility index (Phi) is 3.34. The van der Waals surface area contributed by atoms with Gasteiger partial charge in [0.15, 0.2) is 0 Å². The zero-order valence-electron chi connectivity index (χ0n) is 10.0. The largest absolute Gasteiger partial charge is 0.316 e. The molecule has 4 nitrogen and oxygen atoms in total. The Morgan fingerprint density at radius 2 is 2.17 bits per heavy atom. The lowest BCUT2D eigenvalue weighted by Crippen LogP contribution is -2.15. The van der Waals surface area contributed by atoms with Gasteiger partial charge in [-0.05, 0) is 37.6 Å². The highest BCUT2D eigenvalue weighted by molar-refractivity contribution is 7.84. The van der Waals surface area contributed by atoms with E-state index in [1.165, 1.54) is 0 Å². The molecule has 1 fully saturated rings. The molecular formula is C13H15N3OS. The molecule has 94 valence electrons. The van der Waals surface area contributed by atoms with Gasteiger partial charge in [0.1, 0.15) is 5.03 Å². The standard InChI is InChI=1S/C13H15N3OS/c17-18(9-10-5-6-14-7-10)13-8-15-11-3-1-2-4-12(11)16-13/h1-4,8,10,14H,5-7,9H2/t10-,18+/m0/s1.